The zero-order valence-electron chi connectivity index (χ0n) is 20.7. The van der Waals surface area contributed by atoms with Crippen molar-refractivity contribution in [2.75, 3.05) is 5.75 Å². The van der Waals surface area contributed by atoms with Gasteiger partial charge in [0.2, 0.25) is 11.8 Å². The fourth-order valence-electron chi connectivity index (χ4n) is 4.70. The molecule has 0 saturated heterocycles. The van der Waals surface area contributed by atoms with Crippen LogP contribution >= 0.6 is 35.0 Å². The molecule has 3 aromatic carbocycles. The van der Waals surface area contributed by atoms with Crippen molar-refractivity contribution in [2.24, 2.45) is 0 Å². The summed E-state index contributed by atoms with van der Waals surface area (Å²) in [6.45, 7) is 0.270. The minimum atomic E-state index is -0.640. The number of nitrogens with one attached hydrogen (secondary N) is 1. The van der Waals surface area contributed by atoms with Crippen LogP contribution in [0.1, 0.15) is 42.4 Å². The van der Waals surface area contributed by atoms with Crippen molar-refractivity contribution in [1.29, 1.82) is 0 Å². The van der Waals surface area contributed by atoms with E-state index in [0.717, 1.165) is 42.4 Å². The highest BCUT2D eigenvalue weighted by Crippen LogP contribution is 2.24. The molecule has 0 radical (unpaired) electrons. The topological polar surface area (TPSA) is 49.4 Å². The normalized spacial score (nSPS) is 14.3. The van der Waals surface area contributed by atoms with Crippen LogP contribution in [0.2, 0.25) is 10.0 Å². The van der Waals surface area contributed by atoms with Crippen molar-refractivity contribution in [1.82, 2.24) is 10.2 Å². The van der Waals surface area contributed by atoms with Crippen LogP contribution in [0.25, 0.3) is 0 Å². The molecule has 1 fully saturated rings. The van der Waals surface area contributed by atoms with Crippen LogP contribution < -0.4 is 5.32 Å². The van der Waals surface area contributed by atoms with Gasteiger partial charge in [0, 0.05) is 34.8 Å². The molecule has 1 aliphatic carbocycles. The third-order valence-electron chi connectivity index (χ3n) is 6.65. The van der Waals surface area contributed by atoms with Gasteiger partial charge in [0.05, 0.1) is 5.75 Å². The number of benzene rings is 3. The second-order valence-corrected chi connectivity index (χ2v) is 11.3. The smallest absolute Gasteiger partial charge is 0.243 e. The first kappa shape index (κ1) is 27.6. The van der Waals surface area contributed by atoms with Gasteiger partial charge in [0.1, 0.15) is 6.04 Å². The summed E-state index contributed by atoms with van der Waals surface area (Å²) in [7, 11) is 0. The van der Waals surface area contributed by atoms with Crippen molar-refractivity contribution >= 4 is 46.8 Å². The van der Waals surface area contributed by atoms with Gasteiger partial charge in [-0.2, -0.15) is 0 Å². The Balaban J connectivity index is 1.57. The summed E-state index contributed by atoms with van der Waals surface area (Å²) in [6.07, 6.45) is 4.65. The molecule has 2 amide bonds. The first-order chi connectivity index (χ1) is 18.0. The monoisotopic (exact) mass is 554 g/mol. The summed E-state index contributed by atoms with van der Waals surface area (Å²) in [6, 6.07) is 24.6. The minimum Gasteiger partial charge on any atom is -0.352 e. The first-order valence-electron chi connectivity index (χ1n) is 12.7. The molecule has 4 nitrogen and oxygen atoms in total. The van der Waals surface area contributed by atoms with E-state index in [-0.39, 0.29) is 30.2 Å². The molecule has 1 atom stereocenters. The van der Waals surface area contributed by atoms with E-state index in [0.29, 0.717) is 22.2 Å². The van der Waals surface area contributed by atoms with Crippen LogP contribution in [0.4, 0.5) is 0 Å². The highest BCUT2D eigenvalue weighted by atomic mass is 35.5. The van der Waals surface area contributed by atoms with E-state index in [2.05, 4.69) is 5.32 Å². The fraction of sp³-hybridized carbons (Fsp3) is 0.333. The Labute approximate surface area is 233 Å². The number of hydrogen-bond acceptors (Lipinski definition) is 3. The Kier molecular flexibility index (Phi) is 10.4. The van der Waals surface area contributed by atoms with Crippen LogP contribution in [0.5, 0.6) is 0 Å². The van der Waals surface area contributed by atoms with E-state index in [9.17, 15) is 9.59 Å². The number of rotatable bonds is 11. The molecule has 0 aromatic heterocycles. The van der Waals surface area contributed by atoms with Gasteiger partial charge in [-0.1, -0.05) is 96.7 Å². The lowest BCUT2D eigenvalue weighted by Crippen LogP contribution is -2.52. The molecule has 0 unspecified atom stereocenters. The molecule has 194 valence electrons. The van der Waals surface area contributed by atoms with Gasteiger partial charge in [-0.3, -0.25) is 9.59 Å². The average Bonchev–Trinajstić information content (AvgIpc) is 3.41. The second-order valence-electron chi connectivity index (χ2n) is 9.43. The molecular formula is C30H32Cl2N2O2S. The van der Waals surface area contributed by atoms with Gasteiger partial charge >= 0.3 is 0 Å². The number of thioether (sulfide) groups is 1. The third kappa shape index (κ3) is 8.26. The maximum Gasteiger partial charge on any atom is 0.243 e. The van der Waals surface area contributed by atoms with E-state index in [1.54, 1.807) is 4.90 Å². The van der Waals surface area contributed by atoms with E-state index in [1.165, 1.54) is 11.8 Å². The quantitative estimate of drug-likeness (QED) is 0.279. The van der Waals surface area contributed by atoms with Crippen LogP contribution in [0, 0.1) is 0 Å². The Morgan fingerprint density at radius 3 is 2.35 bits per heavy atom. The molecule has 0 bridgehead atoms. The van der Waals surface area contributed by atoms with Crippen LogP contribution in [-0.4, -0.2) is 34.6 Å². The maximum absolute atomic E-state index is 13.7. The molecular weight excluding hydrogens is 523 g/mol. The number of carbonyl (C=O) groups is 2. The van der Waals surface area contributed by atoms with Gasteiger partial charge in [-0.15, -0.1) is 11.8 Å². The van der Waals surface area contributed by atoms with Crippen molar-refractivity contribution in [3.05, 3.63) is 106 Å². The zero-order valence-corrected chi connectivity index (χ0v) is 23.1. The predicted octanol–water partition coefficient (Wildman–Crippen LogP) is 6.93. The molecule has 1 aliphatic rings. The van der Waals surface area contributed by atoms with E-state index >= 15 is 0 Å². The number of hydrogen-bond donors (Lipinski definition) is 1. The van der Waals surface area contributed by atoms with Crippen LogP contribution in [0.3, 0.4) is 0 Å². The first-order valence-corrected chi connectivity index (χ1v) is 14.6. The molecule has 0 spiro atoms. The summed E-state index contributed by atoms with van der Waals surface area (Å²) in [5.74, 6) is 0.716. The number of carbonyl (C=O) groups excluding carboxylic acids is 2. The van der Waals surface area contributed by atoms with Crippen molar-refractivity contribution in [3.63, 3.8) is 0 Å². The zero-order chi connectivity index (χ0) is 26.0. The molecule has 1 saturated carbocycles. The summed E-state index contributed by atoms with van der Waals surface area (Å²) < 4.78 is 0. The van der Waals surface area contributed by atoms with Crippen molar-refractivity contribution in [2.45, 2.75) is 56.5 Å². The maximum atomic E-state index is 13.7. The molecule has 0 aliphatic heterocycles. The average molecular weight is 556 g/mol. The number of amides is 2. The Morgan fingerprint density at radius 2 is 1.62 bits per heavy atom. The highest BCUT2D eigenvalue weighted by Gasteiger charge is 2.32. The van der Waals surface area contributed by atoms with E-state index < -0.39 is 6.04 Å². The Morgan fingerprint density at radius 1 is 0.919 bits per heavy atom. The fourth-order valence-corrected chi connectivity index (χ4v) is 5.96. The molecule has 7 heteroatoms. The van der Waals surface area contributed by atoms with Gasteiger partial charge in [0.15, 0.2) is 0 Å². The largest absolute Gasteiger partial charge is 0.352 e. The number of halogens is 2. The summed E-state index contributed by atoms with van der Waals surface area (Å²) in [5.41, 5.74) is 2.89. The SMILES string of the molecule is O=C(NC1CCCC1)[C@H](Cc1ccccc1)N(Cc1ccccc1Cl)C(=O)CSCc1cccc(Cl)c1. The molecule has 1 N–H and O–H groups in total. The van der Waals surface area contributed by atoms with Gasteiger partial charge in [-0.05, 0) is 47.7 Å². The van der Waals surface area contributed by atoms with Crippen LogP contribution in [-0.2, 0) is 28.3 Å². The van der Waals surface area contributed by atoms with E-state index in [1.807, 2.05) is 78.9 Å². The minimum absolute atomic E-state index is 0.0885. The van der Waals surface area contributed by atoms with Crippen molar-refractivity contribution in [3.8, 4) is 0 Å². The van der Waals surface area contributed by atoms with Crippen LogP contribution in [0.15, 0.2) is 78.9 Å². The molecule has 37 heavy (non-hydrogen) atoms. The molecule has 4 rings (SSSR count). The highest BCUT2D eigenvalue weighted by molar-refractivity contribution is 7.99. The summed E-state index contributed by atoms with van der Waals surface area (Å²) in [4.78, 5) is 29.2. The molecule has 3 aromatic rings. The summed E-state index contributed by atoms with van der Waals surface area (Å²) in [5, 5.41) is 4.50. The van der Waals surface area contributed by atoms with Gasteiger partial charge in [0.25, 0.3) is 0 Å². The predicted molar refractivity (Wildman–Crippen MR) is 154 cm³/mol. The van der Waals surface area contributed by atoms with Gasteiger partial charge in [-0.25, -0.2) is 0 Å². The van der Waals surface area contributed by atoms with Crippen molar-refractivity contribution < 1.29 is 9.59 Å². The lowest BCUT2D eigenvalue weighted by Gasteiger charge is -2.32. The van der Waals surface area contributed by atoms with E-state index in [4.69, 9.17) is 23.2 Å². The van der Waals surface area contributed by atoms with Gasteiger partial charge < -0.3 is 10.2 Å². The summed E-state index contributed by atoms with van der Waals surface area (Å²) >= 11 is 14.1. The number of nitrogens with zero attached hydrogens (tertiary/aromatic N) is 1. The second kappa shape index (κ2) is 13.9. The molecule has 0 heterocycles. The Hall–Kier alpha value is -2.47. The third-order valence-corrected chi connectivity index (χ3v) is 8.25. The lowest BCUT2D eigenvalue weighted by molar-refractivity contribution is -0.139. The Bertz CT molecular complexity index is 1180. The lowest BCUT2D eigenvalue weighted by atomic mass is 10.0. The standard InChI is InChI=1S/C30H32Cl2N2O2S/c31-25-13-8-11-23(17-25)20-37-21-29(35)34(19-24-12-4-7-16-27(24)32)28(18-22-9-2-1-3-10-22)30(36)33-26-14-5-6-15-26/h1-4,7-13,16-17,26,28H,5-6,14-15,18-21H2,(H,33,36)/t28-/m0/s1.